The molecule has 0 saturated heterocycles. The summed E-state index contributed by atoms with van der Waals surface area (Å²) in [5.74, 6) is 0. The maximum atomic E-state index is 9.06. The second-order valence-corrected chi connectivity index (χ2v) is 4.88. The van der Waals surface area contributed by atoms with Gasteiger partial charge >= 0.3 is 0 Å². The van der Waals surface area contributed by atoms with Gasteiger partial charge in [0.05, 0.1) is 0 Å². The first-order valence-corrected chi connectivity index (χ1v) is 7.05. The van der Waals surface area contributed by atoms with Crippen molar-refractivity contribution in [2.45, 2.75) is 31.7 Å². The van der Waals surface area contributed by atoms with E-state index in [1.165, 1.54) is 25.7 Å². The Labute approximate surface area is 123 Å². The van der Waals surface area contributed by atoms with Crippen molar-refractivity contribution in [1.82, 2.24) is 10.6 Å². The molecule has 1 aliphatic carbocycles. The fourth-order valence-electron chi connectivity index (χ4n) is 1.66. The van der Waals surface area contributed by atoms with Crippen LogP contribution in [0, 0.1) is 0 Å². The van der Waals surface area contributed by atoms with E-state index in [2.05, 4.69) is 28.3 Å². The summed E-state index contributed by atoms with van der Waals surface area (Å²) in [6.45, 7) is 0. The molecule has 1 saturated carbocycles. The Balaban J connectivity index is 0.000000261. The van der Waals surface area contributed by atoms with E-state index in [-0.39, 0.29) is 0 Å². The van der Waals surface area contributed by atoms with E-state index in [1.54, 1.807) is 5.32 Å². The molecular formula is C14H21BrN2O2. The van der Waals surface area contributed by atoms with E-state index in [4.69, 9.17) is 9.59 Å². The van der Waals surface area contributed by atoms with Crippen molar-refractivity contribution in [3.8, 4) is 0 Å². The van der Waals surface area contributed by atoms with Crippen LogP contribution in [0.25, 0.3) is 0 Å². The summed E-state index contributed by atoms with van der Waals surface area (Å²) in [6.07, 6.45) is 6.30. The monoisotopic (exact) mass is 328 g/mol. The van der Waals surface area contributed by atoms with Gasteiger partial charge in [-0.3, -0.25) is 9.59 Å². The highest BCUT2D eigenvalue weighted by Crippen LogP contribution is 2.16. The molecule has 2 N–H and O–H groups in total. The normalized spacial score (nSPS) is 13.4. The smallest absolute Gasteiger partial charge is 0.213 e. The molecule has 0 bridgehead atoms. The predicted molar refractivity (Wildman–Crippen MR) is 80.7 cm³/mol. The summed E-state index contributed by atoms with van der Waals surface area (Å²) < 4.78 is 1.13. The Kier molecular flexibility index (Phi) is 12.4. The first kappa shape index (κ1) is 17.8. The largest absolute Gasteiger partial charge is 0.317 e. The Morgan fingerprint density at radius 3 is 1.84 bits per heavy atom. The van der Waals surface area contributed by atoms with Crippen molar-refractivity contribution >= 4 is 28.8 Å². The zero-order chi connectivity index (χ0) is 14.3. The quantitative estimate of drug-likeness (QED) is 0.838. The first-order valence-electron chi connectivity index (χ1n) is 6.25. The SMILES string of the molecule is Brc1ccccc1.CNC1CCCC1.O=CNC=O. The highest BCUT2D eigenvalue weighted by atomic mass is 79.9. The topological polar surface area (TPSA) is 58.2 Å². The van der Waals surface area contributed by atoms with Crippen LogP contribution in [0.1, 0.15) is 25.7 Å². The lowest BCUT2D eigenvalue weighted by atomic mass is 10.3. The number of benzene rings is 1. The summed E-state index contributed by atoms with van der Waals surface area (Å²) >= 11 is 3.31. The number of carbonyl (C=O) groups is 2. The average Bonchev–Trinajstić information content (AvgIpc) is 2.95. The van der Waals surface area contributed by atoms with Crippen LogP contribution < -0.4 is 10.6 Å². The van der Waals surface area contributed by atoms with Gasteiger partial charge in [0.15, 0.2) is 0 Å². The van der Waals surface area contributed by atoms with E-state index < -0.39 is 0 Å². The van der Waals surface area contributed by atoms with Gasteiger partial charge in [-0.2, -0.15) is 0 Å². The van der Waals surface area contributed by atoms with Crippen LogP contribution in [-0.4, -0.2) is 25.9 Å². The number of nitrogens with one attached hydrogen (secondary N) is 2. The van der Waals surface area contributed by atoms with Crippen LogP contribution in [0.15, 0.2) is 34.8 Å². The van der Waals surface area contributed by atoms with Gasteiger partial charge in [-0.15, -0.1) is 0 Å². The summed E-state index contributed by atoms with van der Waals surface area (Å²) in [5.41, 5.74) is 0. The van der Waals surface area contributed by atoms with Crippen LogP contribution >= 0.6 is 15.9 Å². The highest BCUT2D eigenvalue weighted by molar-refractivity contribution is 9.10. The molecule has 0 unspecified atom stereocenters. The summed E-state index contributed by atoms with van der Waals surface area (Å²) in [7, 11) is 2.05. The predicted octanol–water partition coefficient (Wildman–Crippen LogP) is 2.49. The minimum Gasteiger partial charge on any atom is -0.317 e. The maximum Gasteiger partial charge on any atom is 0.213 e. The van der Waals surface area contributed by atoms with E-state index in [1.807, 2.05) is 30.3 Å². The third kappa shape index (κ3) is 11.6. The van der Waals surface area contributed by atoms with E-state index in [0.717, 1.165) is 10.5 Å². The van der Waals surface area contributed by atoms with Crippen LogP contribution in [0.2, 0.25) is 0 Å². The molecule has 1 aliphatic rings. The highest BCUT2D eigenvalue weighted by Gasteiger charge is 2.10. The van der Waals surface area contributed by atoms with Crippen molar-refractivity contribution < 1.29 is 9.59 Å². The summed E-state index contributed by atoms with van der Waals surface area (Å²) in [4.78, 5) is 18.1. The van der Waals surface area contributed by atoms with Crippen LogP contribution in [0.3, 0.4) is 0 Å². The number of rotatable bonds is 3. The Bertz CT molecular complexity index is 321. The van der Waals surface area contributed by atoms with Gasteiger partial charge < -0.3 is 10.6 Å². The Morgan fingerprint density at radius 2 is 1.63 bits per heavy atom. The van der Waals surface area contributed by atoms with Crippen molar-refractivity contribution in [2.75, 3.05) is 7.05 Å². The molecule has 1 aromatic carbocycles. The molecule has 0 atom stereocenters. The van der Waals surface area contributed by atoms with Crippen LogP contribution in [0.4, 0.5) is 0 Å². The fourth-order valence-corrected chi connectivity index (χ4v) is 1.96. The molecule has 1 fully saturated rings. The lowest BCUT2D eigenvalue weighted by molar-refractivity contribution is -0.117. The van der Waals surface area contributed by atoms with Gasteiger partial charge in [0.25, 0.3) is 0 Å². The second-order valence-electron chi connectivity index (χ2n) is 3.97. The zero-order valence-corrected chi connectivity index (χ0v) is 12.7. The first-order chi connectivity index (χ1) is 9.24. The van der Waals surface area contributed by atoms with Crippen molar-refractivity contribution in [2.24, 2.45) is 0 Å². The van der Waals surface area contributed by atoms with Crippen molar-refractivity contribution in [1.29, 1.82) is 0 Å². The zero-order valence-electron chi connectivity index (χ0n) is 11.1. The molecule has 2 rings (SSSR count). The Hall–Kier alpha value is -1.20. The molecule has 0 aromatic heterocycles. The van der Waals surface area contributed by atoms with Crippen LogP contribution in [0.5, 0.6) is 0 Å². The fraction of sp³-hybridized carbons (Fsp3) is 0.429. The van der Waals surface area contributed by atoms with Crippen molar-refractivity contribution in [3.63, 3.8) is 0 Å². The molecule has 0 radical (unpaired) electrons. The molecule has 2 amide bonds. The van der Waals surface area contributed by atoms with Gasteiger partial charge in [-0.05, 0) is 32.0 Å². The van der Waals surface area contributed by atoms with E-state index in [9.17, 15) is 0 Å². The van der Waals surface area contributed by atoms with Gasteiger partial charge in [0.1, 0.15) is 0 Å². The second kappa shape index (κ2) is 13.2. The Morgan fingerprint density at radius 1 is 1.11 bits per heavy atom. The van der Waals surface area contributed by atoms with E-state index >= 15 is 0 Å². The number of halogens is 1. The molecule has 0 aliphatic heterocycles. The molecule has 19 heavy (non-hydrogen) atoms. The summed E-state index contributed by atoms with van der Waals surface area (Å²) in [6, 6.07) is 10.8. The third-order valence-electron chi connectivity index (χ3n) is 2.63. The number of hydrogen-bond acceptors (Lipinski definition) is 3. The minimum absolute atomic E-state index is 0.312. The van der Waals surface area contributed by atoms with Gasteiger partial charge in [-0.1, -0.05) is 47.0 Å². The minimum atomic E-state index is 0.312. The molecule has 0 heterocycles. The average molecular weight is 329 g/mol. The number of imide groups is 1. The maximum absolute atomic E-state index is 9.06. The number of hydrogen-bond donors (Lipinski definition) is 2. The lowest BCUT2D eigenvalue weighted by Crippen LogP contribution is -2.20. The lowest BCUT2D eigenvalue weighted by Gasteiger charge is -2.03. The molecule has 1 aromatic rings. The molecule has 5 heteroatoms. The van der Waals surface area contributed by atoms with Gasteiger partial charge in [0.2, 0.25) is 12.8 Å². The third-order valence-corrected chi connectivity index (χ3v) is 3.16. The molecule has 106 valence electrons. The number of amides is 2. The number of carbonyl (C=O) groups excluding carboxylic acids is 2. The van der Waals surface area contributed by atoms with Crippen LogP contribution in [-0.2, 0) is 9.59 Å². The molecular weight excluding hydrogens is 308 g/mol. The van der Waals surface area contributed by atoms with Gasteiger partial charge in [0, 0.05) is 10.5 Å². The molecule has 4 nitrogen and oxygen atoms in total. The van der Waals surface area contributed by atoms with E-state index in [0.29, 0.717) is 12.8 Å². The molecule has 0 spiro atoms. The van der Waals surface area contributed by atoms with Crippen molar-refractivity contribution in [3.05, 3.63) is 34.8 Å². The standard InChI is InChI=1S/C6H5Br.C6H13N.C2H3NO2/c7-6-4-2-1-3-5-6;1-7-6-4-2-3-5-6;4-1-3-2-5/h1-5H;6-7H,2-5H2,1H3;1-2H,(H,3,4,5). The van der Waals surface area contributed by atoms with Gasteiger partial charge in [-0.25, -0.2) is 0 Å². The summed E-state index contributed by atoms with van der Waals surface area (Å²) in [5, 5.41) is 5.01.